The Morgan fingerprint density at radius 2 is 0.577 bits per heavy atom. The Morgan fingerprint density at radius 3 is 1.00 bits per heavy atom. The number of carbonyl (C=O) groups is 10. The predicted octanol–water partition coefficient (Wildman–Crippen LogP) is 18.6. The van der Waals surface area contributed by atoms with E-state index >= 15 is 0 Å². The minimum absolute atomic E-state index is 0.0301. The normalized spacial score (nSPS) is 12.2. The Kier molecular flexibility index (Phi) is 21.7. The molecule has 0 aliphatic heterocycles. The molecule has 0 saturated heterocycles. The van der Waals surface area contributed by atoms with Gasteiger partial charge in [0, 0.05) is 82.7 Å². The molecule has 0 aromatic heterocycles. The van der Waals surface area contributed by atoms with Crippen molar-refractivity contribution < 1.29 is 57.4 Å². The maximum absolute atomic E-state index is 14.2. The van der Waals surface area contributed by atoms with Crippen LogP contribution in [0.2, 0.25) is 10.0 Å². The lowest BCUT2D eigenvalue weighted by molar-refractivity contribution is 0.0979. The smallest absolute Gasteiger partial charge is 0.255 e. The summed E-state index contributed by atoms with van der Waals surface area (Å²) in [5, 5.41) is 16.2. The van der Waals surface area contributed by atoms with E-state index in [1.807, 2.05) is 78.9 Å². The number of hydrogen-bond donors (Lipinski definition) is 6. The van der Waals surface area contributed by atoms with Crippen molar-refractivity contribution in [3.8, 4) is 11.5 Å². The highest BCUT2D eigenvalue weighted by Gasteiger charge is 2.39. The number of hydrogen-bond acceptors (Lipinski definition) is 16. The second-order valence-corrected chi connectivity index (χ2v) is 26.8. The van der Waals surface area contributed by atoms with Crippen molar-refractivity contribution >= 4 is 137 Å². The van der Waals surface area contributed by atoms with Crippen LogP contribution in [0.15, 0.2) is 296 Å². The van der Waals surface area contributed by atoms with E-state index in [2.05, 4.69) is 42.5 Å². The molecule has 18 nitrogen and oxygen atoms in total. The van der Waals surface area contributed by atoms with Gasteiger partial charge in [0.15, 0.2) is 59.7 Å². The van der Waals surface area contributed by atoms with Crippen molar-refractivity contribution in [1.82, 2.24) is 0 Å². The first kappa shape index (κ1) is 73.9. The molecule has 2 amide bonds. The molecular formula is C90H59BrCl2N6O12. The third-order valence-corrected chi connectivity index (χ3v) is 19.8. The summed E-state index contributed by atoms with van der Waals surface area (Å²) in [4.78, 5) is 134. The first-order valence-corrected chi connectivity index (χ1v) is 36.1. The Balaban J connectivity index is 0.000000143. The lowest BCUT2D eigenvalue weighted by atomic mass is 9.81. The predicted molar refractivity (Wildman–Crippen MR) is 431 cm³/mol. The van der Waals surface area contributed by atoms with Crippen molar-refractivity contribution in [3.05, 3.63) is 406 Å². The average molecular weight is 1570 g/mol. The lowest BCUT2D eigenvalue weighted by Crippen LogP contribution is -2.26. The third-order valence-electron chi connectivity index (χ3n) is 18.4. The first-order valence-electron chi connectivity index (χ1n) is 34.5. The highest BCUT2D eigenvalue weighted by molar-refractivity contribution is 9.10. The second kappa shape index (κ2) is 32.6. The number of carbonyl (C=O) groups excluding carboxylic acids is 10. The molecule has 17 rings (SSSR count). The summed E-state index contributed by atoms with van der Waals surface area (Å²) in [6.45, 7) is 0.212. The molecule has 0 bridgehead atoms. The van der Waals surface area contributed by atoms with Crippen LogP contribution < -0.4 is 41.8 Å². The van der Waals surface area contributed by atoms with E-state index in [1.54, 1.807) is 212 Å². The van der Waals surface area contributed by atoms with Gasteiger partial charge < -0.3 is 41.8 Å². The number of nitrogens with two attached hydrogens (primary N) is 1. The van der Waals surface area contributed by atoms with Crippen LogP contribution in [-0.4, -0.2) is 71.5 Å². The molecular weight excluding hydrogens is 1510 g/mol. The lowest BCUT2D eigenvalue weighted by Gasteiger charge is -2.26. The topological polar surface area (TPSA) is 275 Å². The van der Waals surface area contributed by atoms with Crippen LogP contribution in [0.5, 0.6) is 11.5 Å². The Hall–Kier alpha value is -14.0. The highest BCUT2D eigenvalue weighted by Crippen LogP contribution is 2.43. The third kappa shape index (κ3) is 15.1. The van der Waals surface area contributed by atoms with Crippen LogP contribution in [0, 0.1) is 0 Å². The van der Waals surface area contributed by atoms with E-state index < -0.39 is 17.5 Å². The summed E-state index contributed by atoms with van der Waals surface area (Å²) in [5.41, 5.74) is 13.0. The largest absolute Gasteiger partial charge is 0.473 e. The van der Waals surface area contributed by atoms with Gasteiger partial charge in [0.2, 0.25) is 0 Å². The molecule has 4 aliphatic carbocycles. The van der Waals surface area contributed by atoms with Gasteiger partial charge in [-0.3, -0.25) is 47.9 Å². The van der Waals surface area contributed by atoms with Gasteiger partial charge in [0.05, 0.1) is 71.7 Å². The second-order valence-electron chi connectivity index (χ2n) is 25.2. The summed E-state index contributed by atoms with van der Waals surface area (Å²) < 4.78 is 12.1. The highest BCUT2D eigenvalue weighted by atomic mass is 79.9. The number of halogens is 3. The number of nitrogen functional groups attached to an aromatic ring is 1. The zero-order valence-corrected chi connectivity index (χ0v) is 61.3. The van der Waals surface area contributed by atoms with E-state index in [9.17, 15) is 47.9 Å². The molecule has 13 aromatic carbocycles. The monoisotopic (exact) mass is 1560 g/mol. The van der Waals surface area contributed by atoms with Gasteiger partial charge in [-0.25, -0.2) is 0 Å². The molecule has 4 aliphatic rings. The van der Waals surface area contributed by atoms with Crippen molar-refractivity contribution in [1.29, 1.82) is 0 Å². The minimum Gasteiger partial charge on any atom is -0.473 e. The van der Waals surface area contributed by atoms with Crippen LogP contribution >= 0.6 is 39.1 Å². The number of rotatable bonds is 14. The number of para-hydroxylation sites is 2. The summed E-state index contributed by atoms with van der Waals surface area (Å²) in [6.07, 6.45) is 0. The zero-order valence-electron chi connectivity index (χ0n) is 58.2. The fraction of sp³-hybridized carbons (Fsp3) is 0.0222. The number of anilines is 7. The minimum atomic E-state index is -0.438. The van der Waals surface area contributed by atoms with Crippen molar-refractivity contribution in [2.45, 2.75) is 0 Å². The average Bonchev–Trinajstić information content (AvgIpc) is 0.731. The number of benzene rings is 13. The number of ketones is 8. The molecule has 0 fully saturated rings. The molecule has 0 saturated carbocycles. The van der Waals surface area contributed by atoms with E-state index in [-0.39, 0.29) is 144 Å². The van der Waals surface area contributed by atoms with Crippen molar-refractivity contribution in [2.75, 3.05) is 45.8 Å². The van der Waals surface area contributed by atoms with Crippen molar-refractivity contribution in [2.24, 2.45) is 0 Å². The van der Waals surface area contributed by atoms with Crippen LogP contribution in [0.25, 0.3) is 0 Å². The fourth-order valence-electron chi connectivity index (χ4n) is 13.2. The molecule has 0 unspecified atom stereocenters. The molecule has 542 valence electrons. The van der Waals surface area contributed by atoms with Gasteiger partial charge in [0.1, 0.15) is 11.5 Å². The van der Waals surface area contributed by atoms with Crippen LogP contribution in [0.3, 0.4) is 0 Å². The number of amides is 2. The van der Waals surface area contributed by atoms with Crippen molar-refractivity contribution in [3.63, 3.8) is 0 Å². The number of fused-ring (bicyclic) bond motifs is 8. The van der Waals surface area contributed by atoms with Gasteiger partial charge in [-0.05, 0) is 109 Å². The van der Waals surface area contributed by atoms with Gasteiger partial charge in [-0.15, -0.1) is 0 Å². The summed E-state index contributed by atoms with van der Waals surface area (Å²) >= 11 is 14.6. The Labute approximate surface area is 653 Å². The molecule has 0 radical (unpaired) electrons. The van der Waals surface area contributed by atoms with Crippen LogP contribution in [-0.2, 0) is 0 Å². The van der Waals surface area contributed by atoms with Gasteiger partial charge in [-0.2, -0.15) is 0 Å². The van der Waals surface area contributed by atoms with E-state index in [4.69, 9.17) is 38.4 Å². The Morgan fingerprint density at radius 1 is 0.288 bits per heavy atom. The van der Waals surface area contributed by atoms with Crippen LogP contribution in [0.4, 0.5) is 39.8 Å². The quantitative estimate of drug-likeness (QED) is 0.0436. The molecule has 21 heteroatoms. The number of ether oxygens (including phenoxy) is 2. The summed E-state index contributed by atoms with van der Waals surface area (Å²) in [5.74, 6) is -1.97. The number of nitrogens with one attached hydrogen (secondary N) is 5. The SMILES string of the molecule is Clc1ccccc1Cl.Nc1cccc2c1C(=O)c1cccc(NC(=O)c3ccccc3)c1C2=O.O=C(Nc1cccc2c1C(=O)c1cccc(Nc3ccc(NCOc4ccccc4)c4c3C(=O)c3ccccc3C4=O)c1C2=O)c1ccccc1.O=C1c2ccccc2C(=O)c2c(NCOc3ccccc3)ccc(Br)c21. The molecule has 0 heterocycles. The summed E-state index contributed by atoms with van der Waals surface area (Å²) in [6, 6.07) is 82.6. The molecule has 7 N–H and O–H groups in total. The molecule has 0 atom stereocenters. The summed E-state index contributed by atoms with van der Waals surface area (Å²) in [7, 11) is 0. The van der Waals surface area contributed by atoms with Crippen LogP contribution in [0.1, 0.15) is 148 Å². The molecule has 13 aromatic rings. The van der Waals surface area contributed by atoms with E-state index in [0.29, 0.717) is 70.7 Å². The first-order chi connectivity index (χ1) is 53.9. The fourth-order valence-corrected chi connectivity index (χ4v) is 14.0. The maximum atomic E-state index is 14.2. The zero-order chi connectivity index (χ0) is 77.4. The maximum Gasteiger partial charge on any atom is 0.255 e. The Bertz CT molecular complexity index is 5960. The molecule has 0 spiro atoms. The molecule has 111 heavy (non-hydrogen) atoms. The van der Waals surface area contributed by atoms with E-state index in [0.717, 1.165) is 5.75 Å². The van der Waals surface area contributed by atoms with E-state index in [1.165, 1.54) is 0 Å². The van der Waals surface area contributed by atoms with Gasteiger partial charge in [-0.1, -0.05) is 221 Å². The van der Waals surface area contributed by atoms with Gasteiger partial charge in [0.25, 0.3) is 11.8 Å². The standard InChI is InChI=1S/C42H27N3O6.C21H14BrNO3.C21H14N2O3.C6H4Cl2/c46-38-26-15-7-8-16-27(26)39(47)37-33(22-21-30(36(37)38)43-23-51-25-13-5-2-6-14-25)44-31-19-9-17-28-34(31)40(48)29-18-10-20-32(35(29)41(28)49)45-42(50)24-11-3-1-4-12-24;22-16-10-11-17(23-12-26-13-6-2-1-3-7-13)19-18(16)20(24)14-8-4-5-9-15(14)21(19)25;22-15-10-4-8-13-17(15)19(24)14-9-5-11-16(18(14)20(13)25)23-21(26)12-6-2-1-3-7-12;7-5-3-1-2-4-6(5)8/h1-22,43-44H,23H2,(H,45,50);1-11,23H,12H2;1-11H,22H2,(H,23,26);1-4H. The van der Waals surface area contributed by atoms with Gasteiger partial charge >= 0.3 is 0 Å².